The predicted octanol–water partition coefficient (Wildman–Crippen LogP) is 5.11. The fourth-order valence-corrected chi connectivity index (χ4v) is 4.40. The Labute approximate surface area is 191 Å². The Morgan fingerprint density at radius 1 is 1.17 bits per heavy atom. The van der Waals surface area contributed by atoms with Crippen LogP contribution in [0.3, 0.4) is 0 Å². The van der Waals surface area contributed by atoms with Gasteiger partial charge in [0.25, 0.3) is 11.8 Å². The molecule has 0 radical (unpaired) electrons. The number of amides is 2. The van der Waals surface area contributed by atoms with Gasteiger partial charge < -0.3 is 15.4 Å². The smallest absolute Gasteiger partial charge is 0.263 e. The number of halogens is 1. The van der Waals surface area contributed by atoms with Gasteiger partial charge >= 0.3 is 0 Å². The highest BCUT2D eigenvalue weighted by Gasteiger charge is 2.22. The summed E-state index contributed by atoms with van der Waals surface area (Å²) in [5.74, 6) is -0.0309. The number of ether oxygens (including phenoxy) is 1. The molecule has 1 heterocycles. The maximum Gasteiger partial charge on any atom is 0.263 e. The molecule has 0 unspecified atom stereocenters. The molecule has 4 rings (SSSR count). The Morgan fingerprint density at radius 3 is 2.77 bits per heavy atom. The van der Waals surface area contributed by atoms with E-state index in [-0.39, 0.29) is 18.4 Å². The molecule has 1 saturated heterocycles. The molecule has 2 amide bonds. The normalized spacial score (nSPS) is 14.8. The lowest BCUT2D eigenvalue weighted by Gasteiger charge is -2.12. The van der Waals surface area contributed by atoms with Gasteiger partial charge in [-0.3, -0.25) is 9.59 Å². The third-order valence-corrected chi connectivity index (χ3v) is 5.98. The summed E-state index contributed by atoms with van der Waals surface area (Å²) in [7, 11) is 0. The summed E-state index contributed by atoms with van der Waals surface area (Å²) in [6.45, 7) is -0.168. The average molecular weight is 499 g/mol. The van der Waals surface area contributed by atoms with Crippen LogP contribution in [0.25, 0.3) is 16.8 Å². The van der Waals surface area contributed by atoms with Crippen molar-refractivity contribution in [2.24, 2.45) is 0 Å². The van der Waals surface area contributed by atoms with Gasteiger partial charge in [0, 0.05) is 21.1 Å². The minimum atomic E-state index is -0.276. The van der Waals surface area contributed by atoms with E-state index in [0.717, 1.165) is 20.9 Å². The summed E-state index contributed by atoms with van der Waals surface area (Å²) in [6, 6.07) is 19.0. The van der Waals surface area contributed by atoms with E-state index in [1.54, 1.807) is 12.1 Å². The number of carbonyl (C=O) groups is 2. The van der Waals surface area contributed by atoms with E-state index in [0.29, 0.717) is 20.5 Å². The number of hydrogen-bond acceptors (Lipinski definition) is 5. The van der Waals surface area contributed by atoms with Gasteiger partial charge in [-0.25, -0.2) is 0 Å². The minimum Gasteiger partial charge on any atom is -0.483 e. The van der Waals surface area contributed by atoms with Crippen LogP contribution < -0.4 is 15.4 Å². The number of fused-ring (bicyclic) bond motifs is 1. The van der Waals surface area contributed by atoms with Gasteiger partial charge in [0.2, 0.25) is 0 Å². The molecule has 0 atom stereocenters. The molecule has 0 aromatic heterocycles. The molecule has 30 heavy (non-hydrogen) atoms. The molecule has 0 aliphatic carbocycles. The molecular formula is C22H15BrN2O3S2. The summed E-state index contributed by atoms with van der Waals surface area (Å²) in [5, 5.41) is 7.49. The van der Waals surface area contributed by atoms with E-state index in [2.05, 4.69) is 26.6 Å². The lowest BCUT2D eigenvalue weighted by molar-refractivity contribution is -0.118. The molecule has 0 spiro atoms. The highest BCUT2D eigenvalue weighted by Crippen LogP contribution is 2.31. The topological polar surface area (TPSA) is 67.4 Å². The number of anilines is 1. The van der Waals surface area contributed by atoms with Crippen LogP contribution >= 0.6 is 39.9 Å². The van der Waals surface area contributed by atoms with E-state index in [1.807, 2.05) is 54.6 Å². The van der Waals surface area contributed by atoms with Crippen molar-refractivity contribution in [1.29, 1.82) is 0 Å². The number of hydrogen-bond donors (Lipinski definition) is 2. The van der Waals surface area contributed by atoms with Crippen molar-refractivity contribution < 1.29 is 14.3 Å². The van der Waals surface area contributed by atoms with Gasteiger partial charge in [0.15, 0.2) is 6.61 Å². The minimum absolute atomic E-state index is 0.168. The average Bonchev–Trinajstić information content (AvgIpc) is 3.04. The Balaban J connectivity index is 1.50. The molecule has 5 nitrogen and oxygen atoms in total. The van der Waals surface area contributed by atoms with Gasteiger partial charge in [-0.2, -0.15) is 0 Å². The molecule has 1 aliphatic heterocycles. The van der Waals surface area contributed by atoms with Gasteiger partial charge in [-0.15, -0.1) is 0 Å². The number of nitrogens with one attached hydrogen (secondary N) is 2. The summed E-state index contributed by atoms with van der Waals surface area (Å²) >= 11 is 9.64. The van der Waals surface area contributed by atoms with Crippen molar-refractivity contribution in [3.63, 3.8) is 0 Å². The number of thioether (sulfide) groups is 1. The highest BCUT2D eigenvalue weighted by molar-refractivity contribution is 9.10. The first-order valence-electron chi connectivity index (χ1n) is 8.94. The third kappa shape index (κ3) is 4.72. The summed E-state index contributed by atoms with van der Waals surface area (Å²) in [4.78, 5) is 24.9. The van der Waals surface area contributed by atoms with Crippen molar-refractivity contribution in [2.75, 3.05) is 11.9 Å². The van der Waals surface area contributed by atoms with Crippen molar-refractivity contribution in [1.82, 2.24) is 5.32 Å². The van der Waals surface area contributed by atoms with E-state index < -0.39 is 0 Å². The standard InChI is InChI=1S/C22H15BrN2O3S2/c23-15-8-9-18(14(10-15)11-19-21(27)25-22(29)30-19)28-12-20(26)24-17-7-3-5-13-4-1-2-6-16(13)17/h1-11H,12H2,(H,24,26)(H,25,27,29)/b19-11-. The maximum absolute atomic E-state index is 12.5. The molecule has 2 N–H and O–H groups in total. The SMILES string of the molecule is O=C(COc1ccc(Br)cc1/C=C1\SC(=S)NC1=O)Nc1cccc2ccccc12. The van der Waals surface area contributed by atoms with E-state index >= 15 is 0 Å². The van der Waals surface area contributed by atoms with E-state index in [1.165, 1.54) is 11.8 Å². The number of thiocarbonyl (C=S) groups is 1. The molecule has 1 fully saturated rings. The maximum atomic E-state index is 12.5. The van der Waals surface area contributed by atoms with E-state index in [9.17, 15) is 9.59 Å². The summed E-state index contributed by atoms with van der Waals surface area (Å²) in [5.41, 5.74) is 1.40. The molecule has 1 aliphatic rings. The lowest BCUT2D eigenvalue weighted by Crippen LogP contribution is -2.20. The van der Waals surface area contributed by atoms with Gasteiger partial charge in [0.05, 0.1) is 4.91 Å². The Hall–Kier alpha value is -2.68. The van der Waals surface area contributed by atoms with Crippen molar-refractivity contribution in [2.45, 2.75) is 0 Å². The zero-order valence-corrected chi connectivity index (χ0v) is 18.7. The fraction of sp³-hybridized carbons (Fsp3) is 0.0455. The summed E-state index contributed by atoms with van der Waals surface area (Å²) in [6.07, 6.45) is 1.70. The Bertz CT molecular complexity index is 1200. The van der Waals surface area contributed by atoms with Gasteiger partial charge in [-0.1, -0.05) is 76.3 Å². The first kappa shape index (κ1) is 20.6. The number of benzene rings is 3. The second kappa shape index (κ2) is 8.99. The Morgan fingerprint density at radius 2 is 1.97 bits per heavy atom. The number of carbonyl (C=O) groups excluding carboxylic acids is 2. The second-order valence-electron chi connectivity index (χ2n) is 6.40. The monoisotopic (exact) mass is 498 g/mol. The second-order valence-corrected chi connectivity index (χ2v) is 9.03. The van der Waals surface area contributed by atoms with Crippen LogP contribution in [0.4, 0.5) is 5.69 Å². The van der Waals surface area contributed by atoms with Crippen LogP contribution in [0.5, 0.6) is 5.75 Å². The van der Waals surface area contributed by atoms with Crippen LogP contribution in [0.2, 0.25) is 0 Å². The molecule has 150 valence electrons. The number of rotatable bonds is 5. The van der Waals surface area contributed by atoms with Gasteiger partial charge in [0.1, 0.15) is 10.1 Å². The molecule has 3 aromatic carbocycles. The van der Waals surface area contributed by atoms with Crippen LogP contribution in [0.15, 0.2) is 70.0 Å². The summed E-state index contributed by atoms with van der Waals surface area (Å²) < 4.78 is 7.00. The lowest BCUT2D eigenvalue weighted by atomic mass is 10.1. The predicted molar refractivity (Wildman–Crippen MR) is 129 cm³/mol. The molecule has 0 saturated carbocycles. The Kier molecular flexibility index (Phi) is 6.17. The molecule has 8 heteroatoms. The van der Waals surface area contributed by atoms with Crippen LogP contribution in [0.1, 0.15) is 5.56 Å². The molecule has 3 aromatic rings. The fourth-order valence-electron chi connectivity index (χ4n) is 2.99. The van der Waals surface area contributed by atoms with Crippen LogP contribution in [-0.4, -0.2) is 22.7 Å². The molecular weight excluding hydrogens is 484 g/mol. The van der Waals surface area contributed by atoms with E-state index in [4.69, 9.17) is 17.0 Å². The first-order chi connectivity index (χ1) is 14.5. The zero-order valence-electron chi connectivity index (χ0n) is 15.5. The quantitative estimate of drug-likeness (QED) is 0.378. The molecule has 0 bridgehead atoms. The highest BCUT2D eigenvalue weighted by atomic mass is 79.9. The van der Waals surface area contributed by atoms with Gasteiger partial charge in [-0.05, 0) is 35.7 Å². The first-order valence-corrected chi connectivity index (χ1v) is 11.0. The van der Waals surface area contributed by atoms with Crippen LogP contribution in [-0.2, 0) is 9.59 Å². The van der Waals surface area contributed by atoms with Crippen molar-refractivity contribution in [3.8, 4) is 5.75 Å². The van der Waals surface area contributed by atoms with Crippen molar-refractivity contribution >= 4 is 78.6 Å². The largest absolute Gasteiger partial charge is 0.483 e. The van der Waals surface area contributed by atoms with Crippen LogP contribution in [0, 0.1) is 0 Å². The zero-order chi connectivity index (χ0) is 21.1. The third-order valence-electron chi connectivity index (χ3n) is 4.32. The van der Waals surface area contributed by atoms with Crippen molar-refractivity contribution in [3.05, 3.63) is 75.6 Å².